The third-order valence-corrected chi connectivity index (χ3v) is 5.19. The van der Waals surface area contributed by atoms with E-state index in [1.165, 1.54) is 24.8 Å². The van der Waals surface area contributed by atoms with Gasteiger partial charge in [0.1, 0.15) is 0 Å². The molecule has 2 aromatic carbocycles. The predicted octanol–water partition coefficient (Wildman–Crippen LogP) is 6.06. The molecule has 1 amide bonds. The normalized spacial score (nSPS) is 13.7. The van der Waals surface area contributed by atoms with Crippen LogP contribution in [0.1, 0.15) is 81.3 Å². The number of carbonyl (C=O) groups excluding carboxylic acids is 1. The zero-order valence-electron chi connectivity index (χ0n) is 18.3. The summed E-state index contributed by atoms with van der Waals surface area (Å²) >= 11 is 0. The number of hydrogen-bond donors (Lipinski definition) is 2. The van der Waals surface area contributed by atoms with E-state index < -0.39 is 5.54 Å². The van der Waals surface area contributed by atoms with E-state index in [4.69, 9.17) is 5.73 Å². The number of anilines is 1. The number of aryl methyl sites for hydroxylation is 1. The van der Waals surface area contributed by atoms with Gasteiger partial charge < -0.3 is 11.1 Å². The molecule has 29 heavy (non-hydrogen) atoms. The van der Waals surface area contributed by atoms with Crippen LogP contribution in [0.2, 0.25) is 0 Å². The standard InChI is InChI=1S/C25H35N3O/c1-5-7-8-10-20-13-15-21(16-14-20)24(29)27-23-12-9-11-22(18-23)25(4,17-6-2)28-19(3)26/h9,11-16,18H,5-8,10,17H2,1-4H3,(H2,26,28)(H,27,29). The lowest BCUT2D eigenvalue weighted by molar-refractivity contribution is 0.102. The van der Waals surface area contributed by atoms with Crippen LogP contribution in [-0.4, -0.2) is 11.7 Å². The van der Waals surface area contributed by atoms with E-state index in [1.807, 2.05) is 43.3 Å². The van der Waals surface area contributed by atoms with Crippen molar-refractivity contribution in [1.82, 2.24) is 0 Å². The largest absolute Gasteiger partial charge is 0.388 e. The van der Waals surface area contributed by atoms with Crippen molar-refractivity contribution in [2.75, 3.05) is 5.32 Å². The summed E-state index contributed by atoms with van der Waals surface area (Å²) in [6.07, 6.45) is 6.59. The van der Waals surface area contributed by atoms with Crippen LogP contribution in [0.4, 0.5) is 5.69 Å². The Balaban J connectivity index is 2.13. The fraction of sp³-hybridized carbons (Fsp3) is 0.440. The van der Waals surface area contributed by atoms with Gasteiger partial charge in [-0.05, 0) is 68.5 Å². The van der Waals surface area contributed by atoms with Gasteiger partial charge in [-0.2, -0.15) is 0 Å². The van der Waals surface area contributed by atoms with E-state index in [0.29, 0.717) is 11.4 Å². The highest BCUT2D eigenvalue weighted by Crippen LogP contribution is 2.32. The van der Waals surface area contributed by atoms with E-state index in [-0.39, 0.29) is 5.91 Å². The zero-order valence-corrected chi connectivity index (χ0v) is 18.3. The van der Waals surface area contributed by atoms with Crippen LogP contribution < -0.4 is 11.1 Å². The smallest absolute Gasteiger partial charge is 0.255 e. The van der Waals surface area contributed by atoms with Gasteiger partial charge in [-0.3, -0.25) is 9.79 Å². The van der Waals surface area contributed by atoms with Gasteiger partial charge in [0.15, 0.2) is 0 Å². The van der Waals surface area contributed by atoms with Crippen LogP contribution in [0, 0.1) is 0 Å². The number of aliphatic imine (C=N–C) groups is 1. The fourth-order valence-corrected chi connectivity index (χ4v) is 3.68. The molecule has 0 radical (unpaired) electrons. The molecule has 2 aromatic rings. The molecule has 0 saturated heterocycles. The molecule has 0 spiro atoms. The lowest BCUT2D eigenvalue weighted by Gasteiger charge is -2.26. The van der Waals surface area contributed by atoms with Gasteiger partial charge in [-0.1, -0.05) is 57.4 Å². The first-order valence-electron chi connectivity index (χ1n) is 10.7. The third kappa shape index (κ3) is 6.74. The molecule has 0 aliphatic carbocycles. The monoisotopic (exact) mass is 393 g/mol. The highest BCUT2D eigenvalue weighted by molar-refractivity contribution is 6.04. The Bertz CT molecular complexity index is 822. The number of unbranched alkanes of at least 4 members (excludes halogenated alkanes) is 2. The third-order valence-electron chi connectivity index (χ3n) is 5.19. The number of amides is 1. The summed E-state index contributed by atoms with van der Waals surface area (Å²) in [6, 6.07) is 15.8. The molecule has 2 rings (SSSR count). The highest BCUT2D eigenvalue weighted by Gasteiger charge is 2.25. The van der Waals surface area contributed by atoms with Gasteiger partial charge in [0.25, 0.3) is 5.91 Å². The summed E-state index contributed by atoms with van der Waals surface area (Å²) in [5, 5.41) is 3.02. The Hall–Kier alpha value is -2.62. The second-order valence-corrected chi connectivity index (χ2v) is 7.97. The van der Waals surface area contributed by atoms with Crippen molar-refractivity contribution in [2.45, 2.75) is 71.8 Å². The van der Waals surface area contributed by atoms with E-state index in [9.17, 15) is 4.79 Å². The summed E-state index contributed by atoms with van der Waals surface area (Å²) in [7, 11) is 0. The molecule has 0 heterocycles. The molecule has 0 saturated carbocycles. The van der Waals surface area contributed by atoms with E-state index in [1.54, 1.807) is 0 Å². The number of nitrogens with one attached hydrogen (secondary N) is 1. The van der Waals surface area contributed by atoms with Crippen LogP contribution in [0.3, 0.4) is 0 Å². The van der Waals surface area contributed by atoms with Crippen molar-refractivity contribution in [3.8, 4) is 0 Å². The van der Waals surface area contributed by atoms with Gasteiger partial charge in [0, 0.05) is 11.3 Å². The average Bonchev–Trinajstić information content (AvgIpc) is 2.68. The highest BCUT2D eigenvalue weighted by atomic mass is 16.1. The molecular formula is C25H35N3O. The summed E-state index contributed by atoms with van der Waals surface area (Å²) in [5.74, 6) is 0.465. The van der Waals surface area contributed by atoms with Crippen molar-refractivity contribution < 1.29 is 4.79 Å². The predicted molar refractivity (Wildman–Crippen MR) is 124 cm³/mol. The van der Waals surface area contributed by atoms with Crippen LogP contribution in [0.15, 0.2) is 53.5 Å². The second kappa shape index (κ2) is 10.8. The lowest BCUT2D eigenvalue weighted by atomic mass is 9.88. The Labute approximate surface area is 175 Å². The number of carbonyl (C=O) groups is 1. The van der Waals surface area contributed by atoms with Gasteiger partial charge in [-0.15, -0.1) is 0 Å². The van der Waals surface area contributed by atoms with E-state index >= 15 is 0 Å². The van der Waals surface area contributed by atoms with Crippen LogP contribution >= 0.6 is 0 Å². The summed E-state index contributed by atoms with van der Waals surface area (Å²) < 4.78 is 0. The zero-order chi connectivity index (χ0) is 21.3. The molecule has 0 aliphatic rings. The Morgan fingerprint density at radius 1 is 1.07 bits per heavy atom. The van der Waals surface area contributed by atoms with Gasteiger partial charge >= 0.3 is 0 Å². The summed E-state index contributed by atoms with van der Waals surface area (Å²) in [6.45, 7) is 8.24. The van der Waals surface area contributed by atoms with Gasteiger partial charge in [0.2, 0.25) is 0 Å². The number of rotatable bonds is 10. The molecular weight excluding hydrogens is 358 g/mol. The molecule has 156 valence electrons. The van der Waals surface area contributed by atoms with Crippen molar-refractivity contribution in [1.29, 1.82) is 0 Å². The Morgan fingerprint density at radius 2 is 1.79 bits per heavy atom. The maximum absolute atomic E-state index is 12.7. The number of amidine groups is 1. The van der Waals surface area contributed by atoms with Gasteiger partial charge in [-0.25, -0.2) is 0 Å². The van der Waals surface area contributed by atoms with Gasteiger partial charge in [0.05, 0.1) is 11.4 Å². The fourth-order valence-electron chi connectivity index (χ4n) is 3.68. The first kappa shape index (κ1) is 22.7. The van der Waals surface area contributed by atoms with Crippen molar-refractivity contribution in [3.63, 3.8) is 0 Å². The Kier molecular flexibility index (Phi) is 8.44. The minimum Gasteiger partial charge on any atom is -0.388 e. The van der Waals surface area contributed by atoms with Crippen molar-refractivity contribution >= 4 is 17.4 Å². The van der Waals surface area contributed by atoms with E-state index in [0.717, 1.165) is 30.5 Å². The maximum Gasteiger partial charge on any atom is 0.255 e. The molecule has 4 heteroatoms. The molecule has 1 atom stereocenters. The molecule has 3 N–H and O–H groups in total. The van der Waals surface area contributed by atoms with Crippen LogP contribution in [0.25, 0.3) is 0 Å². The first-order chi connectivity index (χ1) is 13.9. The topological polar surface area (TPSA) is 67.5 Å². The summed E-state index contributed by atoms with van der Waals surface area (Å²) in [4.78, 5) is 17.4. The SMILES string of the molecule is CCCCCc1ccc(C(=O)Nc2cccc(C(C)(CCC)N=C(C)N)c2)cc1. The number of nitrogens with two attached hydrogens (primary N) is 1. The quantitative estimate of drug-likeness (QED) is 0.292. The number of nitrogens with zero attached hydrogens (tertiary/aromatic N) is 1. The lowest BCUT2D eigenvalue weighted by Crippen LogP contribution is -2.23. The van der Waals surface area contributed by atoms with E-state index in [2.05, 4.69) is 43.2 Å². The number of hydrogen-bond acceptors (Lipinski definition) is 2. The molecule has 1 unspecified atom stereocenters. The molecule has 0 aliphatic heterocycles. The molecule has 4 nitrogen and oxygen atoms in total. The first-order valence-corrected chi connectivity index (χ1v) is 10.7. The van der Waals surface area contributed by atoms with Crippen molar-refractivity contribution in [2.24, 2.45) is 10.7 Å². The number of benzene rings is 2. The molecule has 0 aromatic heterocycles. The second-order valence-electron chi connectivity index (χ2n) is 7.97. The summed E-state index contributed by atoms with van der Waals surface area (Å²) in [5.41, 5.74) is 9.24. The van der Waals surface area contributed by atoms with Crippen molar-refractivity contribution in [3.05, 3.63) is 65.2 Å². The van der Waals surface area contributed by atoms with Crippen LogP contribution in [-0.2, 0) is 12.0 Å². The Morgan fingerprint density at radius 3 is 2.41 bits per heavy atom. The average molecular weight is 394 g/mol. The minimum atomic E-state index is -0.394. The minimum absolute atomic E-state index is 0.0991. The molecule has 0 bridgehead atoms. The van der Waals surface area contributed by atoms with Crippen LogP contribution in [0.5, 0.6) is 0 Å². The molecule has 0 fully saturated rings. The maximum atomic E-state index is 12.7.